The summed E-state index contributed by atoms with van der Waals surface area (Å²) in [4.78, 5) is 5.93. The van der Waals surface area contributed by atoms with E-state index in [1.807, 2.05) is 6.07 Å². The van der Waals surface area contributed by atoms with Gasteiger partial charge in [-0.1, -0.05) is 18.2 Å². The summed E-state index contributed by atoms with van der Waals surface area (Å²) in [6.45, 7) is 0.469. The lowest BCUT2D eigenvalue weighted by atomic mass is 10.1. The molecule has 0 amide bonds. The van der Waals surface area contributed by atoms with Crippen LogP contribution in [-0.2, 0) is 0 Å². The maximum absolute atomic E-state index is 14.0. The Hall–Kier alpha value is -3.55. The van der Waals surface area contributed by atoms with Crippen LogP contribution in [0, 0.1) is 11.3 Å². The van der Waals surface area contributed by atoms with E-state index in [-0.39, 0.29) is 24.7 Å². The first-order valence-corrected chi connectivity index (χ1v) is 10.1. The second-order valence-corrected chi connectivity index (χ2v) is 7.92. The van der Waals surface area contributed by atoms with Crippen LogP contribution in [0.5, 0.6) is 0 Å². The molecule has 1 unspecified atom stereocenters. The van der Waals surface area contributed by atoms with Crippen LogP contribution >= 0.6 is 0 Å². The van der Waals surface area contributed by atoms with Crippen molar-refractivity contribution >= 4 is 16.6 Å². The van der Waals surface area contributed by atoms with Crippen LogP contribution in [0.15, 0.2) is 48.7 Å². The van der Waals surface area contributed by atoms with Crippen molar-refractivity contribution in [3.8, 4) is 17.6 Å². The van der Waals surface area contributed by atoms with Crippen LogP contribution in [0.4, 0.5) is 13.2 Å². The van der Waals surface area contributed by atoms with E-state index < -0.39 is 12.2 Å². The fourth-order valence-electron chi connectivity index (χ4n) is 4.21. The quantitative estimate of drug-likeness (QED) is 0.527. The lowest BCUT2D eigenvalue weighted by Crippen LogP contribution is -2.38. The van der Waals surface area contributed by atoms with Gasteiger partial charge in [-0.05, 0) is 36.2 Å². The van der Waals surface area contributed by atoms with E-state index in [1.54, 1.807) is 24.3 Å². The maximum Gasteiger partial charge on any atom is 0.408 e. The minimum Gasteiger partial charge on any atom is -0.326 e. The first-order valence-electron chi connectivity index (χ1n) is 10.1. The van der Waals surface area contributed by atoms with Gasteiger partial charge in [-0.25, -0.2) is 4.98 Å². The van der Waals surface area contributed by atoms with E-state index in [4.69, 9.17) is 11.0 Å². The normalized spacial score (nSPS) is 18.3. The van der Waals surface area contributed by atoms with Crippen LogP contribution in [0.25, 0.3) is 28.1 Å². The van der Waals surface area contributed by atoms with E-state index in [9.17, 15) is 13.2 Å². The molecule has 1 saturated heterocycles. The third kappa shape index (κ3) is 3.55. The van der Waals surface area contributed by atoms with Gasteiger partial charge >= 0.3 is 6.18 Å². The molecular weight excluding hydrogens is 419 g/mol. The van der Waals surface area contributed by atoms with E-state index in [2.05, 4.69) is 21.3 Å². The molecule has 2 atom stereocenters. The molecule has 0 spiro atoms. The average Bonchev–Trinajstić information content (AvgIpc) is 3.38. The fourth-order valence-corrected chi connectivity index (χ4v) is 4.21. The second kappa shape index (κ2) is 7.55. The van der Waals surface area contributed by atoms with E-state index in [0.717, 1.165) is 5.39 Å². The number of fused-ring (bicyclic) bond motifs is 2. The fraction of sp³-hybridized carbons (Fsp3) is 0.273. The topological polar surface area (TPSA) is 96.1 Å². The summed E-state index contributed by atoms with van der Waals surface area (Å²) in [7, 11) is 0. The van der Waals surface area contributed by atoms with Gasteiger partial charge in [0.25, 0.3) is 0 Å². The summed E-state index contributed by atoms with van der Waals surface area (Å²) in [5.41, 5.74) is 7.87. The molecule has 7 nitrogen and oxygen atoms in total. The Bertz CT molecular complexity index is 1360. The highest BCUT2D eigenvalue weighted by molar-refractivity contribution is 5.82. The smallest absolute Gasteiger partial charge is 0.326 e. The molecule has 32 heavy (non-hydrogen) atoms. The van der Waals surface area contributed by atoms with Crippen LogP contribution < -0.4 is 5.73 Å². The number of hydrogen-bond acceptors (Lipinski definition) is 6. The highest BCUT2D eigenvalue weighted by atomic mass is 19.4. The zero-order chi connectivity index (χ0) is 22.5. The van der Waals surface area contributed by atoms with Crippen molar-refractivity contribution in [1.29, 1.82) is 5.26 Å². The van der Waals surface area contributed by atoms with Crippen LogP contribution in [0.3, 0.4) is 0 Å². The lowest BCUT2D eigenvalue weighted by Gasteiger charge is -2.30. The minimum atomic E-state index is -4.46. The van der Waals surface area contributed by atoms with Gasteiger partial charge in [0, 0.05) is 30.7 Å². The Morgan fingerprint density at radius 2 is 1.94 bits per heavy atom. The number of pyridine rings is 2. The molecule has 0 radical (unpaired) electrons. The zero-order valence-corrected chi connectivity index (χ0v) is 16.8. The molecular formula is C22H18F3N7. The Kier molecular flexibility index (Phi) is 4.80. The SMILES string of the molecule is N#Cc1ccc2ccc(-c3nnc4ccc([C@@H](N5CCC(N)C5)C(F)(F)F)cn34)nc2c1. The number of rotatable bonds is 3. The molecule has 4 aromatic rings. The molecule has 5 rings (SSSR count). The van der Waals surface area contributed by atoms with Crippen molar-refractivity contribution in [2.75, 3.05) is 13.1 Å². The summed E-state index contributed by atoms with van der Waals surface area (Å²) in [5, 5.41) is 18.2. The molecule has 10 heteroatoms. The van der Waals surface area contributed by atoms with Gasteiger partial charge in [0.1, 0.15) is 11.7 Å². The summed E-state index contributed by atoms with van der Waals surface area (Å²) in [6.07, 6.45) is -2.51. The summed E-state index contributed by atoms with van der Waals surface area (Å²) in [6, 6.07) is 11.7. The number of benzene rings is 1. The van der Waals surface area contributed by atoms with E-state index >= 15 is 0 Å². The summed E-state index contributed by atoms with van der Waals surface area (Å²) < 4.78 is 43.6. The molecule has 4 heterocycles. The number of nitrogens with zero attached hydrogens (tertiary/aromatic N) is 6. The lowest BCUT2D eigenvalue weighted by molar-refractivity contribution is -0.183. The molecule has 3 aromatic heterocycles. The van der Waals surface area contributed by atoms with Crippen LogP contribution in [0.1, 0.15) is 23.6 Å². The van der Waals surface area contributed by atoms with Crippen molar-refractivity contribution in [3.63, 3.8) is 0 Å². The van der Waals surface area contributed by atoms with Crippen molar-refractivity contribution in [1.82, 2.24) is 24.5 Å². The molecule has 0 aliphatic carbocycles. The van der Waals surface area contributed by atoms with Gasteiger partial charge in [-0.15, -0.1) is 10.2 Å². The third-order valence-electron chi connectivity index (χ3n) is 5.72. The Morgan fingerprint density at radius 1 is 1.12 bits per heavy atom. The molecule has 1 fully saturated rings. The highest BCUT2D eigenvalue weighted by Gasteiger charge is 2.46. The second-order valence-electron chi connectivity index (χ2n) is 7.92. The minimum absolute atomic E-state index is 0.0905. The molecule has 0 bridgehead atoms. The molecule has 162 valence electrons. The summed E-state index contributed by atoms with van der Waals surface area (Å²) in [5.74, 6) is 0.324. The van der Waals surface area contributed by atoms with E-state index in [1.165, 1.54) is 27.6 Å². The number of alkyl halides is 3. The van der Waals surface area contributed by atoms with E-state index in [0.29, 0.717) is 34.7 Å². The van der Waals surface area contributed by atoms with Gasteiger partial charge < -0.3 is 5.73 Å². The first-order chi connectivity index (χ1) is 15.3. The third-order valence-corrected chi connectivity index (χ3v) is 5.72. The Balaban J connectivity index is 1.61. The number of hydrogen-bond donors (Lipinski definition) is 1. The molecule has 2 N–H and O–H groups in total. The molecule has 0 saturated carbocycles. The predicted molar refractivity (Wildman–Crippen MR) is 111 cm³/mol. The standard InChI is InChI=1S/C22H18F3N7/c23-22(24,25)20(31-8-7-16(27)12-31)15-4-6-19-29-30-21(32(19)11-15)17-5-3-14-2-1-13(10-26)9-18(14)28-17/h1-6,9,11,16,20H,7-8,12,27H2/t16?,20-/m1/s1. The number of halogens is 3. The van der Waals surface area contributed by atoms with Crippen molar-refractivity contribution < 1.29 is 13.2 Å². The zero-order valence-electron chi connectivity index (χ0n) is 16.8. The van der Waals surface area contributed by atoms with Crippen LogP contribution in [0.2, 0.25) is 0 Å². The Labute approximate surface area is 180 Å². The van der Waals surface area contributed by atoms with Crippen molar-refractivity contribution in [2.24, 2.45) is 5.73 Å². The predicted octanol–water partition coefficient (Wildman–Crippen LogP) is 3.45. The number of nitriles is 1. The molecule has 1 aliphatic heterocycles. The van der Waals surface area contributed by atoms with Crippen molar-refractivity contribution in [2.45, 2.75) is 24.7 Å². The largest absolute Gasteiger partial charge is 0.408 e. The van der Waals surface area contributed by atoms with Crippen LogP contribution in [-0.4, -0.2) is 49.8 Å². The monoisotopic (exact) mass is 437 g/mol. The van der Waals surface area contributed by atoms with Gasteiger partial charge in [-0.2, -0.15) is 18.4 Å². The number of likely N-dealkylation sites (tertiary alicyclic amines) is 1. The van der Waals surface area contributed by atoms with Gasteiger partial charge in [0.05, 0.1) is 17.1 Å². The van der Waals surface area contributed by atoms with Gasteiger partial charge in [-0.3, -0.25) is 9.30 Å². The highest BCUT2D eigenvalue weighted by Crippen LogP contribution is 2.39. The number of nitrogens with two attached hydrogens (primary N) is 1. The van der Waals surface area contributed by atoms with Gasteiger partial charge in [0.15, 0.2) is 11.5 Å². The number of aromatic nitrogens is 4. The Morgan fingerprint density at radius 3 is 2.66 bits per heavy atom. The molecule has 1 aromatic carbocycles. The molecule has 1 aliphatic rings. The van der Waals surface area contributed by atoms with Gasteiger partial charge in [0.2, 0.25) is 0 Å². The average molecular weight is 437 g/mol. The summed E-state index contributed by atoms with van der Waals surface area (Å²) >= 11 is 0. The first kappa shape index (κ1) is 20.4. The maximum atomic E-state index is 14.0. The van der Waals surface area contributed by atoms with Crippen molar-refractivity contribution in [3.05, 3.63) is 59.8 Å².